The Morgan fingerprint density at radius 3 is 2.50 bits per heavy atom. The number of fused-ring (bicyclic) bond motifs is 2. The van der Waals surface area contributed by atoms with Gasteiger partial charge in [0.15, 0.2) is 12.5 Å². The summed E-state index contributed by atoms with van der Waals surface area (Å²) in [4.78, 5) is 41.6. The van der Waals surface area contributed by atoms with Crippen LogP contribution < -0.4 is 0 Å². The fraction of sp³-hybridized carbons (Fsp3) is 0.357. The van der Waals surface area contributed by atoms with Crippen molar-refractivity contribution in [2.75, 3.05) is 32.8 Å². The number of nitrogens with one attached hydrogen (secondary N) is 1. The fourth-order valence-corrected chi connectivity index (χ4v) is 5.31. The number of aromatic nitrogens is 1. The number of ether oxygens (including phenoxy) is 1. The van der Waals surface area contributed by atoms with E-state index in [0.717, 1.165) is 16.5 Å². The SMILES string of the molecule is CC(C)(C)OC(=O)N1CC2(CN(C(=O)CO/N=C3/C(c4c(O)[nH]c5ccccc45)=Nc4ccccc43)C2)C1. The van der Waals surface area contributed by atoms with Crippen LogP contribution in [0.2, 0.25) is 0 Å². The third-order valence-electron chi connectivity index (χ3n) is 6.99. The number of oxime groups is 1. The molecule has 6 rings (SSSR count). The molecule has 0 aliphatic carbocycles. The van der Waals surface area contributed by atoms with Crippen LogP contribution >= 0.6 is 0 Å². The zero-order valence-electron chi connectivity index (χ0n) is 21.5. The lowest BCUT2D eigenvalue weighted by Crippen LogP contribution is -2.74. The molecule has 1 aromatic heterocycles. The third kappa shape index (κ3) is 4.15. The number of nitrogens with zero attached hydrogens (tertiary/aromatic N) is 4. The smallest absolute Gasteiger partial charge is 0.410 e. The number of amides is 2. The predicted octanol–water partition coefficient (Wildman–Crippen LogP) is 3.81. The molecule has 196 valence electrons. The first-order valence-corrected chi connectivity index (χ1v) is 12.6. The molecule has 3 aliphatic rings. The van der Waals surface area contributed by atoms with E-state index in [1.165, 1.54) is 0 Å². The number of carbonyl (C=O) groups excluding carboxylic acids is 2. The van der Waals surface area contributed by atoms with E-state index >= 15 is 0 Å². The zero-order valence-corrected chi connectivity index (χ0v) is 21.5. The Morgan fingerprint density at radius 2 is 1.74 bits per heavy atom. The van der Waals surface area contributed by atoms with Crippen molar-refractivity contribution in [3.05, 3.63) is 59.7 Å². The molecule has 1 spiro atoms. The van der Waals surface area contributed by atoms with Crippen molar-refractivity contribution in [2.45, 2.75) is 26.4 Å². The van der Waals surface area contributed by atoms with Crippen LogP contribution in [0.5, 0.6) is 5.88 Å². The maximum Gasteiger partial charge on any atom is 0.410 e. The molecule has 0 atom stereocenters. The van der Waals surface area contributed by atoms with Crippen molar-refractivity contribution < 1.29 is 24.3 Å². The highest BCUT2D eigenvalue weighted by molar-refractivity contribution is 6.58. The molecule has 0 bridgehead atoms. The van der Waals surface area contributed by atoms with E-state index in [-0.39, 0.29) is 29.9 Å². The van der Waals surface area contributed by atoms with E-state index in [4.69, 9.17) is 14.6 Å². The van der Waals surface area contributed by atoms with Crippen molar-refractivity contribution in [3.63, 3.8) is 0 Å². The van der Waals surface area contributed by atoms with Crippen LogP contribution in [0.15, 0.2) is 58.7 Å². The Balaban J connectivity index is 1.11. The van der Waals surface area contributed by atoms with Gasteiger partial charge in [0.25, 0.3) is 5.91 Å². The highest BCUT2D eigenvalue weighted by Crippen LogP contribution is 2.40. The number of para-hydroxylation sites is 2. The lowest BCUT2D eigenvalue weighted by Gasteiger charge is -2.59. The molecule has 2 saturated heterocycles. The number of aliphatic imine (C=N–C) groups is 1. The first-order valence-electron chi connectivity index (χ1n) is 12.6. The molecule has 0 saturated carbocycles. The second kappa shape index (κ2) is 8.61. The topological polar surface area (TPSA) is 120 Å². The molecule has 0 radical (unpaired) electrons. The summed E-state index contributed by atoms with van der Waals surface area (Å²) >= 11 is 0. The monoisotopic (exact) mass is 515 g/mol. The van der Waals surface area contributed by atoms with E-state index in [9.17, 15) is 14.7 Å². The summed E-state index contributed by atoms with van der Waals surface area (Å²) in [5, 5.41) is 15.8. The van der Waals surface area contributed by atoms with Crippen LogP contribution in [0, 0.1) is 5.41 Å². The van der Waals surface area contributed by atoms with Gasteiger partial charge in [-0.15, -0.1) is 0 Å². The van der Waals surface area contributed by atoms with Crippen molar-refractivity contribution in [2.24, 2.45) is 15.6 Å². The van der Waals surface area contributed by atoms with E-state index < -0.39 is 5.60 Å². The molecule has 38 heavy (non-hydrogen) atoms. The Bertz CT molecular complexity index is 1500. The van der Waals surface area contributed by atoms with Gasteiger partial charge < -0.3 is 29.5 Å². The number of aromatic amines is 1. The van der Waals surface area contributed by atoms with Crippen molar-refractivity contribution in [3.8, 4) is 5.88 Å². The van der Waals surface area contributed by atoms with Crippen molar-refractivity contribution in [1.82, 2.24) is 14.8 Å². The summed E-state index contributed by atoms with van der Waals surface area (Å²) in [6.07, 6.45) is -0.317. The molecule has 10 heteroatoms. The normalized spacial score (nSPS) is 18.7. The number of hydrogen-bond acceptors (Lipinski definition) is 7. The quantitative estimate of drug-likeness (QED) is 0.512. The van der Waals surface area contributed by atoms with Gasteiger partial charge in [-0.3, -0.25) is 4.79 Å². The molecule has 2 N–H and O–H groups in total. The lowest BCUT2D eigenvalue weighted by molar-refractivity contribution is -0.161. The first-order chi connectivity index (χ1) is 18.1. The minimum Gasteiger partial charge on any atom is -0.494 e. The van der Waals surface area contributed by atoms with Crippen LogP contribution in [0.4, 0.5) is 10.5 Å². The number of rotatable bonds is 4. The van der Waals surface area contributed by atoms with Gasteiger partial charge in [-0.25, -0.2) is 9.79 Å². The van der Waals surface area contributed by atoms with Crippen LogP contribution in [0.25, 0.3) is 10.9 Å². The first kappa shape index (κ1) is 24.0. The number of H-pyrrole nitrogens is 1. The third-order valence-corrected chi connectivity index (χ3v) is 6.99. The fourth-order valence-electron chi connectivity index (χ4n) is 5.31. The number of likely N-dealkylation sites (tertiary alicyclic amines) is 2. The lowest BCUT2D eigenvalue weighted by atomic mass is 9.73. The Hall–Kier alpha value is -4.34. The molecule has 4 heterocycles. The Morgan fingerprint density at radius 1 is 1.05 bits per heavy atom. The summed E-state index contributed by atoms with van der Waals surface area (Å²) in [6, 6.07) is 15.1. The van der Waals surface area contributed by atoms with Crippen molar-refractivity contribution in [1.29, 1.82) is 0 Å². The zero-order chi connectivity index (χ0) is 26.7. The van der Waals surface area contributed by atoms with Gasteiger partial charge >= 0.3 is 6.09 Å². The number of hydrogen-bond donors (Lipinski definition) is 2. The Kier molecular flexibility index (Phi) is 5.44. The van der Waals surface area contributed by atoms with Gasteiger partial charge in [0.1, 0.15) is 17.0 Å². The molecule has 3 aromatic rings. The summed E-state index contributed by atoms with van der Waals surface area (Å²) in [6.45, 7) is 7.62. The van der Waals surface area contributed by atoms with Gasteiger partial charge in [0.2, 0.25) is 0 Å². The van der Waals surface area contributed by atoms with Gasteiger partial charge in [-0.05, 0) is 32.9 Å². The summed E-state index contributed by atoms with van der Waals surface area (Å²) in [5.41, 5.74) is 3.14. The highest BCUT2D eigenvalue weighted by atomic mass is 16.6. The molecular formula is C28H29N5O5. The maximum absolute atomic E-state index is 12.8. The standard InChI is InChI=1S/C28H29N5O5/c1-27(2,3)38-26(36)33-15-28(16-33)13-32(14-28)21(34)12-37-31-23-18-9-5-7-11-20(18)29-24(23)22-17-8-4-6-10-19(17)30-25(22)35/h4-11,30,35H,12-16H2,1-3H3/b31-23+. The minimum absolute atomic E-state index is 0.00617. The van der Waals surface area contributed by atoms with Crippen LogP contribution in [0.3, 0.4) is 0 Å². The molecule has 3 aliphatic heterocycles. The number of benzene rings is 2. The van der Waals surface area contributed by atoms with Gasteiger partial charge in [-0.2, -0.15) is 0 Å². The van der Waals surface area contributed by atoms with Crippen molar-refractivity contribution >= 4 is 40.0 Å². The van der Waals surface area contributed by atoms with Crippen LogP contribution in [0.1, 0.15) is 31.9 Å². The molecule has 2 aromatic carbocycles. The maximum atomic E-state index is 12.8. The summed E-state index contributed by atoms with van der Waals surface area (Å²) in [7, 11) is 0. The van der Waals surface area contributed by atoms with Crippen LogP contribution in [-0.4, -0.2) is 81.7 Å². The Labute approximate surface area is 219 Å². The average Bonchev–Trinajstić information content (AvgIpc) is 3.32. The second-order valence-electron chi connectivity index (χ2n) is 11.2. The van der Waals surface area contributed by atoms with E-state index in [1.807, 2.05) is 69.3 Å². The number of carbonyl (C=O) groups is 2. The summed E-state index contributed by atoms with van der Waals surface area (Å²) in [5.74, 6) is -0.177. The molecule has 0 unspecified atom stereocenters. The highest BCUT2D eigenvalue weighted by Gasteiger charge is 2.55. The second-order valence-corrected chi connectivity index (χ2v) is 11.2. The van der Waals surface area contributed by atoms with Gasteiger partial charge in [0.05, 0.1) is 11.3 Å². The summed E-state index contributed by atoms with van der Waals surface area (Å²) < 4.78 is 5.42. The average molecular weight is 516 g/mol. The molecular weight excluding hydrogens is 486 g/mol. The minimum atomic E-state index is -0.530. The van der Waals surface area contributed by atoms with E-state index in [0.29, 0.717) is 48.9 Å². The van der Waals surface area contributed by atoms with E-state index in [2.05, 4.69) is 10.1 Å². The largest absolute Gasteiger partial charge is 0.494 e. The molecule has 10 nitrogen and oxygen atoms in total. The van der Waals surface area contributed by atoms with Crippen LogP contribution in [-0.2, 0) is 14.4 Å². The van der Waals surface area contributed by atoms with Gasteiger partial charge in [-0.1, -0.05) is 41.6 Å². The predicted molar refractivity (Wildman–Crippen MR) is 142 cm³/mol. The molecule has 2 fully saturated rings. The van der Waals surface area contributed by atoms with E-state index in [1.54, 1.807) is 9.80 Å². The molecule has 2 amide bonds. The van der Waals surface area contributed by atoms with Gasteiger partial charge in [0, 0.05) is 48.1 Å². The number of aromatic hydroxyl groups is 1.